The van der Waals surface area contributed by atoms with E-state index in [9.17, 15) is 23.3 Å². The van der Waals surface area contributed by atoms with Crippen molar-refractivity contribution in [2.45, 2.75) is 10.1 Å². The van der Waals surface area contributed by atoms with Gasteiger partial charge in [-0.2, -0.15) is 4.31 Å². The van der Waals surface area contributed by atoms with Crippen LogP contribution in [0.25, 0.3) is 0 Å². The maximum atomic E-state index is 12.5. The molecule has 10 heteroatoms. The smallest absolute Gasteiger partial charge is 0.320 e. The third-order valence-corrected chi connectivity index (χ3v) is 6.22. The number of hydrogen-bond acceptors (Lipinski definition) is 7. The van der Waals surface area contributed by atoms with Gasteiger partial charge in [0.2, 0.25) is 10.0 Å². The second kappa shape index (κ2) is 6.63. The van der Waals surface area contributed by atoms with Gasteiger partial charge in [-0.1, -0.05) is 0 Å². The topological polar surface area (TPSA) is 107 Å². The second-order valence-electron chi connectivity index (χ2n) is 4.50. The number of thioether (sulfide) groups is 1. The molecule has 1 aromatic rings. The standard InChI is InChI=1S/C12H14N2O6S2/c1-20-12(15)11-8-13(6-7-21-11)22(18,19)10-4-2-9(3-5-10)14(16)17/h2-5,11H,6-8H2,1H3/t11-/m0/s1. The Labute approximate surface area is 131 Å². The van der Waals surface area contributed by atoms with Crippen molar-refractivity contribution in [2.24, 2.45) is 0 Å². The van der Waals surface area contributed by atoms with Crippen molar-refractivity contribution in [1.29, 1.82) is 0 Å². The van der Waals surface area contributed by atoms with E-state index >= 15 is 0 Å². The number of benzene rings is 1. The van der Waals surface area contributed by atoms with Crippen LogP contribution in [-0.4, -0.2) is 54.8 Å². The monoisotopic (exact) mass is 346 g/mol. The molecule has 0 spiro atoms. The highest BCUT2D eigenvalue weighted by molar-refractivity contribution is 8.00. The largest absolute Gasteiger partial charge is 0.468 e. The fraction of sp³-hybridized carbons (Fsp3) is 0.417. The van der Waals surface area contributed by atoms with E-state index in [1.54, 1.807) is 0 Å². The second-order valence-corrected chi connectivity index (χ2v) is 7.75. The number of non-ortho nitro benzene ring substituents is 1. The van der Waals surface area contributed by atoms with Crippen LogP contribution in [-0.2, 0) is 19.6 Å². The van der Waals surface area contributed by atoms with Gasteiger partial charge < -0.3 is 4.74 Å². The van der Waals surface area contributed by atoms with Crippen LogP contribution < -0.4 is 0 Å². The summed E-state index contributed by atoms with van der Waals surface area (Å²) in [4.78, 5) is 21.5. The summed E-state index contributed by atoms with van der Waals surface area (Å²) in [6.45, 7) is 0.300. The van der Waals surface area contributed by atoms with Crippen molar-refractivity contribution in [1.82, 2.24) is 4.31 Å². The third-order valence-electron chi connectivity index (χ3n) is 3.18. The Morgan fingerprint density at radius 2 is 2.05 bits per heavy atom. The predicted octanol–water partition coefficient (Wildman–Crippen LogP) is 0.874. The average Bonchev–Trinajstić information content (AvgIpc) is 2.54. The fourth-order valence-electron chi connectivity index (χ4n) is 2.01. The van der Waals surface area contributed by atoms with Gasteiger partial charge in [0, 0.05) is 31.0 Å². The van der Waals surface area contributed by atoms with Crippen molar-refractivity contribution in [3.8, 4) is 0 Å². The number of carbonyl (C=O) groups is 1. The molecular weight excluding hydrogens is 332 g/mol. The lowest BCUT2D eigenvalue weighted by Crippen LogP contribution is -2.44. The van der Waals surface area contributed by atoms with E-state index in [-0.39, 0.29) is 23.7 Å². The molecule has 0 aliphatic carbocycles. The molecule has 0 radical (unpaired) electrons. The van der Waals surface area contributed by atoms with E-state index < -0.39 is 26.2 Å². The molecule has 0 bridgehead atoms. The Balaban J connectivity index is 2.22. The average molecular weight is 346 g/mol. The predicted molar refractivity (Wildman–Crippen MR) is 80.1 cm³/mol. The van der Waals surface area contributed by atoms with Crippen LogP contribution in [0.3, 0.4) is 0 Å². The van der Waals surface area contributed by atoms with Crippen LogP contribution in [0.5, 0.6) is 0 Å². The fourth-order valence-corrected chi connectivity index (χ4v) is 4.80. The van der Waals surface area contributed by atoms with Gasteiger partial charge in [-0.15, -0.1) is 11.8 Å². The van der Waals surface area contributed by atoms with Gasteiger partial charge in [-0.25, -0.2) is 8.42 Å². The van der Waals surface area contributed by atoms with Gasteiger partial charge in [0.25, 0.3) is 5.69 Å². The molecule has 1 atom stereocenters. The zero-order valence-electron chi connectivity index (χ0n) is 11.7. The molecule has 1 aliphatic rings. The van der Waals surface area contributed by atoms with Gasteiger partial charge in [0.1, 0.15) is 5.25 Å². The minimum atomic E-state index is -3.79. The summed E-state index contributed by atoms with van der Waals surface area (Å²) in [5, 5.41) is 10.0. The Morgan fingerprint density at radius 3 is 2.59 bits per heavy atom. The molecule has 1 aromatic carbocycles. The summed E-state index contributed by atoms with van der Waals surface area (Å²) in [5.74, 6) is 0.0139. The normalized spacial score (nSPS) is 19.6. The van der Waals surface area contributed by atoms with Gasteiger partial charge in [0.05, 0.1) is 16.9 Å². The molecule has 0 aromatic heterocycles. The summed E-state index contributed by atoms with van der Waals surface area (Å²) in [6, 6.07) is 4.68. The number of sulfonamides is 1. The van der Waals surface area contributed by atoms with E-state index in [4.69, 9.17) is 0 Å². The molecule has 1 saturated heterocycles. The van der Waals surface area contributed by atoms with Crippen LogP contribution in [0.1, 0.15) is 0 Å². The SMILES string of the molecule is COC(=O)[C@@H]1CN(S(=O)(=O)c2ccc([N+](=O)[O-])cc2)CCS1. The quantitative estimate of drug-likeness (QED) is 0.452. The zero-order chi connectivity index (χ0) is 16.3. The van der Waals surface area contributed by atoms with E-state index in [0.29, 0.717) is 5.75 Å². The highest BCUT2D eigenvalue weighted by atomic mass is 32.2. The van der Waals surface area contributed by atoms with Gasteiger partial charge >= 0.3 is 5.97 Å². The van der Waals surface area contributed by atoms with Gasteiger partial charge in [-0.05, 0) is 12.1 Å². The molecule has 0 N–H and O–H groups in total. The van der Waals surface area contributed by atoms with Crippen molar-refractivity contribution < 1.29 is 22.9 Å². The molecule has 8 nitrogen and oxygen atoms in total. The van der Waals surface area contributed by atoms with E-state index in [0.717, 1.165) is 12.1 Å². The van der Waals surface area contributed by atoms with Crippen LogP contribution in [0.15, 0.2) is 29.2 Å². The number of nitro benzene ring substituents is 1. The number of rotatable bonds is 4. The molecule has 1 heterocycles. The molecule has 0 unspecified atom stereocenters. The first-order valence-corrected chi connectivity index (χ1v) is 8.79. The lowest BCUT2D eigenvalue weighted by molar-refractivity contribution is -0.384. The first-order valence-electron chi connectivity index (χ1n) is 6.30. The van der Waals surface area contributed by atoms with Crippen molar-refractivity contribution in [2.75, 3.05) is 26.0 Å². The first-order chi connectivity index (χ1) is 10.4. The Hall–Kier alpha value is -1.65. The van der Waals surface area contributed by atoms with Crippen LogP contribution in [0.2, 0.25) is 0 Å². The summed E-state index contributed by atoms with van der Waals surface area (Å²) in [5.41, 5.74) is -0.180. The number of hydrogen-bond donors (Lipinski definition) is 0. The summed E-state index contributed by atoms with van der Waals surface area (Å²) in [6.07, 6.45) is 0. The lowest BCUT2D eigenvalue weighted by atomic mass is 10.3. The molecule has 22 heavy (non-hydrogen) atoms. The molecule has 0 amide bonds. The van der Waals surface area contributed by atoms with Crippen LogP contribution in [0.4, 0.5) is 5.69 Å². The van der Waals surface area contributed by atoms with Crippen molar-refractivity contribution >= 4 is 33.4 Å². The number of carbonyl (C=O) groups excluding carboxylic acids is 1. The van der Waals surface area contributed by atoms with Crippen molar-refractivity contribution in [3.05, 3.63) is 34.4 Å². The lowest BCUT2D eigenvalue weighted by Gasteiger charge is -2.30. The Bertz CT molecular complexity index is 673. The maximum absolute atomic E-state index is 12.5. The van der Waals surface area contributed by atoms with Crippen LogP contribution in [0, 0.1) is 10.1 Å². The van der Waals surface area contributed by atoms with E-state index in [1.807, 2.05) is 0 Å². The number of nitro groups is 1. The molecule has 2 rings (SSSR count). The molecule has 120 valence electrons. The van der Waals surface area contributed by atoms with E-state index in [2.05, 4.69) is 4.74 Å². The van der Waals surface area contributed by atoms with Crippen molar-refractivity contribution in [3.63, 3.8) is 0 Å². The Morgan fingerprint density at radius 1 is 1.41 bits per heavy atom. The third kappa shape index (κ3) is 3.39. The Kier molecular flexibility index (Phi) is 5.04. The number of esters is 1. The summed E-state index contributed by atoms with van der Waals surface area (Å²) < 4.78 is 30.9. The maximum Gasteiger partial charge on any atom is 0.320 e. The number of nitrogens with zero attached hydrogens (tertiary/aromatic N) is 2. The van der Waals surface area contributed by atoms with E-state index in [1.165, 1.54) is 35.3 Å². The van der Waals surface area contributed by atoms with Gasteiger partial charge in [0.15, 0.2) is 0 Å². The molecule has 0 saturated carbocycles. The zero-order valence-corrected chi connectivity index (χ0v) is 13.3. The highest BCUT2D eigenvalue weighted by Gasteiger charge is 2.34. The molecule has 1 aliphatic heterocycles. The first kappa shape index (κ1) is 16.7. The minimum absolute atomic E-state index is 0.0245. The number of methoxy groups -OCH3 is 1. The summed E-state index contributed by atoms with van der Waals surface area (Å²) in [7, 11) is -2.53. The summed E-state index contributed by atoms with van der Waals surface area (Å²) >= 11 is 1.35. The molecular formula is C12H14N2O6S2. The van der Waals surface area contributed by atoms with Gasteiger partial charge in [-0.3, -0.25) is 14.9 Å². The van der Waals surface area contributed by atoms with Crippen LogP contribution >= 0.6 is 11.8 Å². The molecule has 1 fully saturated rings. The highest BCUT2D eigenvalue weighted by Crippen LogP contribution is 2.26. The number of ether oxygens (including phenoxy) is 1. The minimum Gasteiger partial charge on any atom is -0.468 e.